The van der Waals surface area contributed by atoms with Gasteiger partial charge in [-0.1, -0.05) is 23.9 Å². The van der Waals surface area contributed by atoms with E-state index in [9.17, 15) is 0 Å². The van der Waals surface area contributed by atoms with Crippen LogP contribution in [0.2, 0.25) is 0 Å². The van der Waals surface area contributed by atoms with Crippen LogP contribution < -0.4 is 9.47 Å². The Hall–Kier alpha value is -3.10. The Kier molecular flexibility index (Phi) is 5.25. The molecule has 3 heterocycles. The number of aryl methyl sites for hydroxylation is 1. The minimum absolute atomic E-state index is 0.700. The highest BCUT2D eigenvalue weighted by atomic mass is 32.2. The number of para-hydroxylation sites is 1. The molecule has 0 aliphatic carbocycles. The molecule has 0 saturated heterocycles. The van der Waals surface area contributed by atoms with Crippen LogP contribution in [0.3, 0.4) is 0 Å². The van der Waals surface area contributed by atoms with Gasteiger partial charge in [-0.25, -0.2) is 4.98 Å². The molecule has 3 aromatic heterocycles. The first-order valence-electron chi connectivity index (χ1n) is 9.71. The molecule has 31 heavy (non-hydrogen) atoms. The third kappa shape index (κ3) is 3.62. The molecule has 0 bridgehead atoms. The zero-order valence-electron chi connectivity index (χ0n) is 17.3. The first-order chi connectivity index (χ1) is 15.2. The second-order valence-electron chi connectivity index (χ2n) is 7.02. The Morgan fingerprint density at radius 1 is 1.03 bits per heavy atom. The molecule has 2 aromatic carbocycles. The third-order valence-electron chi connectivity index (χ3n) is 5.11. The van der Waals surface area contributed by atoms with Gasteiger partial charge in [-0.2, -0.15) is 0 Å². The molecule has 5 aromatic rings. The van der Waals surface area contributed by atoms with Gasteiger partial charge >= 0.3 is 0 Å². The predicted octanol–water partition coefficient (Wildman–Crippen LogP) is 5.62. The number of nitrogens with zero attached hydrogens (tertiary/aromatic N) is 4. The van der Waals surface area contributed by atoms with Crippen molar-refractivity contribution in [2.45, 2.75) is 17.8 Å². The Balaban J connectivity index is 1.47. The summed E-state index contributed by atoms with van der Waals surface area (Å²) in [4.78, 5) is 4.81. The SMILES string of the molecule is COc1ccc2c(C)cc3nnc(SCc4csc(-c5ccccc5OC)n4)n3c2c1. The standard InChI is InChI=1S/C23H20N4O2S2/c1-14-10-21-25-26-23(27(21)19-11-16(28-2)8-9-17(14)19)31-13-15-12-30-22(24-15)18-6-4-5-7-20(18)29-3/h4-12H,13H2,1-3H3. The van der Waals surface area contributed by atoms with Crippen molar-refractivity contribution in [3.63, 3.8) is 0 Å². The Morgan fingerprint density at radius 3 is 2.74 bits per heavy atom. The van der Waals surface area contributed by atoms with Gasteiger partial charge in [0, 0.05) is 22.6 Å². The molecule has 5 rings (SSSR count). The van der Waals surface area contributed by atoms with E-state index >= 15 is 0 Å². The first kappa shape index (κ1) is 19.8. The minimum Gasteiger partial charge on any atom is -0.497 e. The summed E-state index contributed by atoms with van der Waals surface area (Å²) in [6.45, 7) is 2.09. The Morgan fingerprint density at radius 2 is 1.90 bits per heavy atom. The van der Waals surface area contributed by atoms with Gasteiger partial charge in [0.05, 0.1) is 31.0 Å². The summed E-state index contributed by atoms with van der Waals surface area (Å²) in [5.74, 6) is 2.34. The minimum atomic E-state index is 0.700. The lowest BCUT2D eigenvalue weighted by molar-refractivity contribution is 0.415. The molecule has 0 atom stereocenters. The highest BCUT2D eigenvalue weighted by molar-refractivity contribution is 7.98. The molecule has 8 heteroatoms. The molecule has 156 valence electrons. The molecule has 0 unspecified atom stereocenters. The van der Waals surface area contributed by atoms with E-state index in [4.69, 9.17) is 14.5 Å². The molecule has 0 N–H and O–H groups in total. The number of fused-ring (bicyclic) bond motifs is 3. The van der Waals surface area contributed by atoms with Crippen molar-refractivity contribution in [1.82, 2.24) is 19.6 Å². The van der Waals surface area contributed by atoms with Crippen LogP contribution in [0.25, 0.3) is 27.1 Å². The van der Waals surface area contributed by atoms with Crippen molar-refractivity contribution >= 4 is 39.6 Å². The van der Waals surface area contributed by atoms with Crippen LogP contribution in [0, 0.1) is 6.92 Å². The number of aromatic nitrogens is 4. The monoisotopic (exact) mass is 448 g/mol. The maximum absolute atomic E-state index is 5.48. The smallest absolute Gasteiger partial charge is 0.196 e. The van der Waals surface area contributed by atoms with Gasteiger partial charge in [0.1, 0.15) is 16.5 Å². The quantitative estimate of drug-likeness (QED) is 0.314. The third-order valence-corrected chi connectivity index (χ3v) is 7.00. The zero-order chi connectivity index (χ0) is 21.4. The van der Waals surface area contributed by atoms with Crippen LogP contribution in [-0.2, 0) is 5.75 Å². The number of hydrogen-bond acceptors (Lipinski definition) is 7. The molecule has 0 saturated carbocycles. The number of thioether (sulfide) groups is 1. The molecule has 0 spiro atoms. The zero-order valence-corrected chi connectivity index (χ0v) is 19.0. The second kappa shape index (κ2) is 8.20. The fourth-order valence-corrected chi connectivity index (χ4v) is 5.38. The normalized spacial score (nSPS) is 11.3. The first-order valence-corrected chi connectivity index (χ1v) is 11.6. The fourth-order valence-electron chi connectivity index (χ4n) is 3.58. The van der Waals surface area contributed by atoms with Crippen LogP contribution in [-0.4, -0.2) is 33.8 Å². The van der Waals surface area contributed by atoms with E-state index in [1.165, 1.54) is 0 Å². The largest absolute Gasteiger partial charge is 0.497 e. The number of rotatable bonds is 6. The summed E-state index contributed by atoms with van der Waals surface area (Å²) in [5.41, 5.74) is 5.04. The van der Waals surface area contributed by atoms with Crippen LogP contribution >= 0.6 is 23.1 Å². The summed E-state index contributed by atoms with van der Waals surface area (Å²) in [6, 6.07) is 16.1. The summed E-state index contributed by atoms with van der Waals surface area (Å²) < 4.78 is 13.0. The van der Waals surface area contributed by atoms with E-state index in [1.807, 2.05) is 36.4 Å². The van der Waals surface area contributed by atoms with Gasteiger partial charge in [0.2, 0.25) is 0 Å². The van der Waals surface area contributed by atoms with E-state index in [0.29, 0.717) is 5.75 Å². The average Bonchev–Trinajstić information content (AvgIpc) is 3.44. The molecule has 0 radical (unpaired) electrons. The average molecular weight is 449 g/mol. The van der Waals surface area contributed by atoms with E-state index in [-0.39, 0.29) is 0 Å². The molecule has 0 aliphatic heterocycles. The summed E-state index contributed by atoms with van der Waals surface area (Å²) in [6.07, 6.45) is 0. The van der Waals surface area contributed by atoms with Gasteiger partial charge in [-0.05, 0) is 42.8 Å². The molecule has 0 fully saturated rings. The van der Waals surface area contributed by atoms with E-state index in [0.717, 1.165) is 55.0 Å². The second-order valence-corrected chi connectivity index (χ2v) is 8.82. The molecule has 0 aliphatic rings. The van der Waals surface area contributed by atoms with E-state index < -0.39 is 0 Å². The Bertz CT molecular complexity index is 1390. The lowest BCUT2D eigenvalue weighted by Gasteiger charge is -2.09. The highest BCUT2D eigenvalue weighted by Crippen LogP contribution is 2.34. The van der Waals surface area contributed by atoms with Crippen molar-refractivity contribution < 1.29 is 9.47 Å². The predicted molar refractivity (Wildman–Crippen MR) is 125 cm³/mol. The lowest BCUT2D eigenvalue weighted by Crippen LogP contribution is -1.95. The van der Waals surface area contributed by atoms with Crippen LogP contribution in [0.1, 0.15) is 11.3 Å². The van der Waals surface area contributed by atoms with Crippen molar-refractivity contribution in [2.75, 3.05) is 14.2 Å². The van der Waals surface area contributed by atoms with Gasteiger partial charge in [0.25, 0.3) is 0 Å². The maximum atomic E-state index is 5.48. The topological polar surface area (TPSA) is 61.5 Å². The molecular weight excluding hydrogens is 428 g/mol. The van der Waals surface area contributed by atoms with E-state index in [2.05, 4.69) is 39.0 Å². The van der Waals surface area contributed by atoms with Crippen LogP contribution in [0.5, 0.6) is 11.5 Å². The van der Waals surface area contributed by atoms with Crippen LogP contribution in [0.4, 0.5) is 0 Å². The van der Waals surface area contributed by atoms with Crippen LogP contribution in [0.15, 0.2) is 59.1 Å². The van der Waals surface area contributed by atoms with E-state index in [1.54, 1.807) is 37.3 Å². The number of pyridine rings is 1. The number of ether oxygens (including phenoxy) is 2. The molecule has 0 amide bonds. The van der Waals surface area contributed by atoms with Gasteiger partial charge < -0.3 is 9.47 Å². The number of hydrogen-bond donors (Lipinski definition) is 0. The van der Waals surface area contributed by atoms with Crippen molar-refractivity contribution in [3.8, 4) is 22.1 Å². The van der Waals surface area contributed by atoms with Gasteiger partial charge in [0.15, 0.2) is 10.8 Å². The number of thiazole rings is 1. The van der Waals surface area contributed by atoms with Gasteiger partial charge in [-0.15, -0.1) is 21.5 Å². The summed E-state index contributed by atoms with van der Waals surface area (Å²) >= 11 is 3.24. The maximum Gasteiger partial charge on any atom is 0.196 e. The highest BCUT2D eigenvalue weighted by Gasteiger charge is 2.14. The summed E-state index contributed by atoms with van der Waals surface area (Å²) in [5, 5.41) is 13.9. The number of benzene rings is 2. The lowest BCUT2D eigenvalue weighted by atomic mass is 10.1. The van der Waals surface area contributed by atoms with Crippen molar-refractivity contribution in [1.29, 1.82) is 0 Å². The fraction of sp³-hybridized carbons (Fsp3) is 0.174. The van der Waals surface area contributed by atoms with Gasteiger partial charge in [-0.3, -0.25) is 4.40 Å². The molecular formula is C23H20N4O2S2. The summed E-state index contributed by atoms with van der Waals surface area (Å²) in [7, 11) is 3.36. The van der Waals surface area contributed by atoms with Crippen molar-refractivity contribution in [2.24, 2.45) is 0 Å². The van der Waals surface area contributed by atoms with Crippen molar-refractivity contribution in [3.05, 3.63) is 65.2 Å². The number of methoxy groups -OCH3 is 2. The Labute approximate surface area is 187 Å². The molecule has 6 nitrogen and oxygen atoms in total.